The van der Waals surface area contributed by atoms with Crippen molar-refractivity contribution in [2.45, 2.75) is 0 Å². The van der Waals surface area contributed by atoms with Crippen LogP contribution in [0.2, 0.25) is 0 Å². The van der Waals surface area contributed by atoms with Crippen molar-refractivity contribution < 1.29 is 19.2 Å². The molecule has 4 N–H and O–H groups in total. The van der Waals surface area contributed by atoms with Crippen LogP contribution >= 0.6 is 0 Å². The van der Waals surface area contributed by atoms with Gasteiger partial charge in [-0.1, -0.05) is 0 Å². The molecule has 0 spiro atoms. The molecule has 0 aromatic rings. The molecular formula is H8MgO4SiSr. The fraction of sp³-hybridized carbons (Fsp3) is 0. The van der Waals surface area contributed by atoms with E-state index in [1.165, 1.54) is 0 Å². The molecule has 0 amide bonds. The average Bonchev–Trinajstić information content (AvgIpc) is 0.722. The van der Waals surface area contributed by atoms with Crippen molar-refractivity contribution in [3.63, 3.8) is 0 Å². The van der Waals surface area contributed by atoms with E-state index < -0.39 is 9.05 Å². The molecule has 0 aromatic carbocycles. The van der Waals surface area contributed by atoms with Crippen molar-refractivity contribution in [1.82, 2.24) is 0 Å². The number of hydrogen-bond acceptors (Lipinski definition) is 4. The minimum absolute atomic E-state index is 0. The quantitative estimate of drug-likeness (QED) is 0.305. The van der Waals surface area contributed by atoms with E-state index in [1.54, 1.807) is 0 Å². The summed E-state index contributed by atoms with van der Waals surface area (Å²) in [6.07, 6.45) is 0. The van der Waals surface area contributed by atoms with Crippen LogP contribution < -0.4 is 0 Å². The molecule has 0 unspecified atom stereocenters. The van der Waals surface area contributed by atoms with E-state index in [1.807, 2.05) is 0 Å². The summed E-state index contributed by atoms with van der Waals surface area (Å²) >= 11 is 0. The van der Waals surface area contributed by atoms with E-state index in [4.69, 9.17) is 19.2 Å². The molecule has 40 valence electrons. The van der Waals surface area contributed by atoms with Gasteiger partial charge in [-0.3, -0.25) is 0 Å². The van der Waals surface area contributed by atoms with Gasteiger partial charge in [0.1, 0.15) is 0 Å². The van der Waals surface area contributed by atoms with Gasteiger partial charge in [0.2, 0.25) is 0 Å². The Kier molecular flexibility index (Phi) is 14.8. The minimum atomic E-state index is -4.61. The third-order valence-corrected chi connectivity index (χ3v) is 0. The summed E-state index contributed by atoms with van der Waals surface area (Å²) in [5.74, 6) is 0. The third-order valence-electron chi connectivity index (χ3n) is 0. The summed E-state index contributed by atoms with van der Waals surface area (Å²) in [4.78, 5) is 29.3. The van der Waals surface area contributed by atoms with Crippen molar-refractivity contribution in [3.05, 3.63) is 0 Å². The molecule has 0 bridgehead atoms. The fourth-order valence-corrected chi connectivity index (χ4v) is 0. The second-order valence-electron chi connectivity index (χ2n) is 0.600. The first-order chi connectivity index (χ1) is 2.00. The molecule has 0 atom stereocenters. The molecule has 0 saturated carbocycles. The van der Waals surface area contributed by atoms with Crippen LogP contribution in [0.5, 0.6) is 0 Å². The molecule has 0 aliphatic heterocycles. The topological polar surface area (TPSA) is 80.9 Å². The predicted molar refractivity (Wildman–Crippen MR) is 31.7 cm³/mol. The molecular weight excluding hydrogens is 204 g/mol. The Morgan fingerprint density at radius 3 is 0.857 bits per heavy atom. The van der Waals surface area contributed by atoms with Crippen molar-refractivity contribution in [2.75, 3.05) is 0 Å². The Hall–Kier alpha value is 2.30. The Morgan fingerprint density at radius 2 is 0.857 bits per heavy atom. The van der Waals surface area contributed by atoms with Crippen LogP contribution in [-0.4, -0.2) is 96.8 Å². The summed E-state index contributed by atoms with van der Waals surface area (Å²) in [6, 6.07) is 0. The average molecular weight is 212 g/mol. The molecule has 4 nitrogen and oxygen atoms in total. The van der Waals surface area contributed by atoms with Crippen LogP contribution in [0.4, 0.5) is 0 Å². The standard InChI is InChI=1S/Mg.H4O4Si.Sr.4H/c;1-5(2,3)4;;;;;/h;1-4H;;;;;. The Bertz CT molecular complexity index is 27.2. The summed E-state index contributed by atoms with van der Waals surface area (Å²) < 4.78 is 0. The van der Waals surface area contributed by atoms with Crippen LogP contribution in [0.1, 0.15) is 0 Å². The van der Waals surface area contributed by atoms with Gasteiger partial charge in [-0.25, -0.2) is 0 Å². The maximum atomic E-state index is 7.33. The van der Waals surface area contributed by atoms with Crippen LogP contribution in [0.25, 0.3) is 0 Å². The van der Waals surface area contributed by atoms with E-state index in [-0.39, 0.29) is 68.5 Å². The van der Waals surface area contributed by atoms with Crippen LogP contribution in [0.3, 0.4) is 0 Å². The van der Waals surface area contributed by atoms with Crippen LogP contribution in [0, 0.1) is 0 Å². The van der Waals surface area contributed by atoms with Gasteiger partial charge in [0, 0.05) is 0 Å². The molecule has 0 aromatic heterocycles. The predicted octanol–water partition coefficient (Wildman–Crippen LogP) is -4.44. The van der Waals surface area contributed by atoms with Gasteiger partial charge in [0.05, 0.1) is 0 Å². The first kappa shape index (κ1) is 16.1. The zero-order valence-corrected chi connectivity index (χ0v) is 3.29. The molecule has 0 saturated heterocycles. The fourth-order valence-electron chi connectivity index (χ4n) is 0. The van der Waals surface area contributed by atoms with Crippen molar-refractivity contribution in [2.24, 2.45) is 0 Å². The summed E-state index contributed by atoms with van der Waals surface area (Å²) in [5.41, 5.74) is 0. The Labute approximate surface area is 95.1 Å². The molecule has 0 heterocycles. The van der Waals surface area contributed by atoms with Gasteiger partial charge in [0.15, 0.2) is 0 Å². The molecule has 0 radical (unpaired) electrons. The Morgan fingerprint density at radius 1 is 0.857 bits per heavy atom. The second-order valence-corrected chi connectivity index (χ2v) is 1.80. The van der Waals surface area contributed by atoms with Crippen LogP contribution in [0.15, 0.2) is 0 Å². The summed E-state index contributed by atoms with van der Waals surface area (Å²) in [5, 5.41) is 0. The van der Waals surface area contributed by atoms with Gasteiger partial charge >= 0.3 is 77.6 Å². The molecule has 0 rings (SSSR count). The first-order valence-electron chi connectivity index (χ1n) is 0.894. The second kappa shape index (κ2) is 6.42. The Balaban J connectivity index is -0.0000000800. The number of hydrogen-bond donors (Lipinski definition) is 4. The van der Waals surface area contributed by atoms with Gasteiger partial charge in [-0.15, -0.1) is 0 Å². The van der Waals surface area contributed by atoms with E-state index in [2.05, 4.69) is 0 Å². The molecule has 7 heteroatoms. The molecule has 7 heavy (non-hydrogen) atoms. The van der Waals surface area contributed by atoms with Gasteiger partial charge in [-0.2, -0.15) is 0 Å². The van der Waals surface area contributed by atoms with Gasteiger partial charge in [0.25, 0.3) is 0 Å². The summed E-state index contributed by atoms with van der Waals surface area (Å²) in [7, 11) is -4.61. The monoisotopic (exact) mass is 212 g/mol. The molecule has 0 aliphatic rings. The maximum absolute atomic E-state index is 7.33. The summed E-state index contributed by atoms with van der Waals surface area (Å²) in [6.45, 7) is 0. The van der Waals surface area contributed by atoms with Gasteiger partial charge in [-0.05, 0) is 0 Å². The van der Waals surface area contributed by atoms with Crippen molar-refractivity contribution >= 4 is 77.6 Å². The van der Waals surface area contributed by atoms with Gasteiger partial charge < -0.3 is 19.2 Å². The van der Waals surface area contributed by atoms with Crippen LogP contribution in [-0.2, 0) is 0 Å². The van der Waals surface area contributed by atoms with E-state index in [9.17, 15) is 0 Å². The van der Waals surface area contributed by atoms with Crippen molar-refractivity contribution in [3.8, 4) is 0 Å². The molecule has 0 fully saturated rings. The van der Waals surface area contributed by atoms with Crippen molar-refractivity contribution in [1.29, 1.82) is 0 Å². The van der Waals surface area contributed by atoms with E-state index in [0.29, 0.717) is 0 Å². The number of rotatable bonds is 0. The normalized spacial score (nSPS) is 8.57. The SMILES string of the molecule is O[Si](O)(O)O.[MgH2].[SrH2]. The zero-order chi connectivity index (χ0) is 4.50. The van der Waals surface area contributed by atoms with E-state index in [0.717, 1.165) is 0 Å². The zero-order valence-electron chi connectivity index (χ0n) is 2.29. The first-order valence-corrected chi connectivity index (χ1v) is 2.68. The van der Waals surface area contributed by atoms with E-state index >= 15 is 0 Å². The third kappa shape index (κ3) is 62.2. The molecule has 0 aliphatic carbocycles.